The lowest BCUT2D eigenvalue weighted by Crippen LogP contribution is -1.91. The molecule has 0 N–H and O–H groups in total. The molecule has 0 fully saturated rings. The molecule has 0 saturated heterocycles. The standard InChI is InChI=1S/C22H18/c1-3-9-17(10-4-1)15-22-20-14-8-7-13-19(20)16-21(22)18-11-5-2-6-12-18/h1-14H,15-16H2/i15D. The molecular formula is C22H18. The highest BCUT2D eigenvalue weighted by molar-refractivity contribution is 5.97. The van der Waals surface area contributed by atoms with Gasteiger partial charge >= 0.3 is 0 Å². The molecule has 1 aliphatic rings. The van der Waals surface area contributed by atoms with E-state index in [4.69, 9.17) is 1.37 Å². The molecule has 22 heavy (non-hydrogen) atoms. The molecule has 0 aliphatic heterocycles. The summed E-state index contributed by atoms with van der Waals surface area (Å²) in [4.78, 5) is 0. The van der Waals surface area contributed by atoms with Gasteiger partial charge in [0.05, 0.1) is 0 Å². The minimum Gasteiger partial charge on any atom is -0.0622 e. The Bertz CT molecular complexity index is 847. The van der Waals surface area contributed by atoms with Crippen molar-refractivity contribution in [2.45, 2.75) is 12.8 Å². The van der Waals surface area contributed by atoms with Gasteiger partial charge in [-0.3, -0.25) is 0 Å². The predicted octanol–water partition coefficient (Wildman–Crippen LogP) is 5.40. The summed E-state index contributed by atoms with van der Waals surface area (Å²) in [5.74, 6) is 0. The second-order valence-electron chi connectivity index (χ2n) is 5.65. The fourth-order valence-electron chi connectivity index (χ4n) is 3.16. The molecule has 0 spiro atoms. The summed E-state index contributed by atoms with van der Waals surface area (Å²) < 4.78 is 8.86. The molecule has 0 saturated carbocycles. The van der Waals surface area contributed by atoms with Crippen molar-refractivity contribution >= 4 is 11.1 Å². The van der Waals surface area contributed by atoms with Crippen LogP contribution in [0.15, 0.2) is 84.9 Å². The van der Waals surface area contributed by atoms with Crippen LogP contribution in [0.5, 0.6) is 0 Å². The lowest BCUT2D eigenvalue weighted by Gasteiger charge is -2.09. The van der Waals surface area contributed by atoms with E-state index in [0.717, 1.165) is 17.6 Å². The van der Waals surface area contributed by atoms with Crippen LogP contribution in [0.25, 0.3) is 11.1 Å². The molecule has 0 aromatic heterocycles. The van der Waals surface area contributed by atoms with Gasteiger partial charge in [-0.25, -0.2) is 0 Å². The van der Waals surface area contributed by atoms with Gasteiger partial charge in [-0.15, -0.1) is 0 Å². The molecule has 0 nitrogen and oxygen atoms in total. The van der Waals surface area contributed by atoms with Gasteiger partial charge in [-0.1, -0.05) is 84.9 Å². The highest BCUT2D eigenvalue weighted by Crippen LogP contribution is 2.39. The maximum absolute atomic E-state index is 8.86. The molecule has 0 amide bonds. The van der Waals surface area contributed by atoms with Gasteiger partial charge in [0.25, 0.3) is 0 Å². The Labute approximate surface area is 133 Å². The Morgan fingerprint density at radius 1 is 0.727 bits per heavy atom. The van der Waals surface area contributed by atoms with Gasteiger partial charge in [0.1, 0.15) is 0 Å². The number of fused-ring (bicyclic) bond motifs is 1. The zero-order chi connectivity index (χ0) is 15.6. The van der Waals surface area contributed by atoms with Crippen LogP contribution in [0.3, 0.4) is 0 Å². The Morgan fingerprint density at radius 2 is 1.36 bits per heavy atom. The molecule has 3 aromatic rings. The minimum atomic E-state index is -0.352. The molecule has 3 aromatic carbocycles. The number of benzene rings is 3. The van der Waals surface area contributed by atoms with Crippen molar-refractivity contribution in [2.75, 3.05) is 0 Å². The summed E-state index contributed by atoms with van der Waals surface area (Å²) in [6.45, 7) is 0. The van der Waals surface area contributed by atoms with Crippen molar-refractivity contribution in [3.05, 3.63) is 107 Å². The normalized spacial score (nSPS) is 15.4. The highest BCUT2D eigenvalue weighted by atomic mass is 14.3. The van der Waals surface area contributed by atoms with E-state index >= 15 is 0 Å². The monoisotopic (exact) mass is 283 g/mol. The van der Waals surface area contributed by atoms with E-state index in [1.807, 2.05) is 36.4 Å². The lowest BCUT2D eigenvalue weighted by atomic mass is 9.95. The summed E-state index contributed by atoms with van der Waals surface area (Å²) in [5, 5.41) is 0. The van der Waals surface area contributed by atoms with Crippen LogP contribution in [0.2, 0.25) is 0 Å². The van der Waals surface area contributed by atoms with Crippen molar-refractivity contribution in [3.63, 3.8) is 0 Å². The van der Waals surface area contributed by atoms with Crippen LogP contribution in [0.4, 0.5) is 0 Å². The van der Waals surface area contributed by atoms with Crippen LogP contribution in [0, 0.1) is 0 Å². The smallest absolute Gasteiger partial charge is 0.0366 e. The summed E-state index contributed by atoms with van der Waals surface area (Å²) in [6, 6.07) is 29.1. The fourth-order valence-corrected chi connectivity index (χ4v) is 3.16. The summed E-state index contributed by atoms with van der Waals surface area (Å²) in [6.07, 6.45) is 0.563. The van der Waals surface area contributed by atoms with Crippen molar-refractivity contribution in [1.29, 1.82) is 0 Å². The quantitative estimate of drug-likeness (QED) is 0.604. The Morgan fingerprint density at radius 3 is 2.14 bits per heavy atom. The Balaban J connectivity index is 1.89. The molecule has 1 atom stereocenters. The van der Waals surface area contributed by atoms with E-state index in [-0.39, 0.29) is 6.40 Å². The molecule has 106 valence electrons. The Kier molecular flexibility index (Phi) is 3.08. The minimum absolute atomic E-state index is 0.352. The summed E-state index contributed by atoms with van der Waals surface area (Å²) >= 11 is 0. The molecule has 1 unspecified atom stereocenters. The first-order valence-electron chi connectivity index (χ1n) is 8.26. The third-order valence-corrected chi connectivity index (χ3v) is 4.23. The largest absolute Gasteiger partial charge is 0.0622 e. The van der Waals surface area contributed by atoms with Crippen LogP contribution < -0.4 is 0 Å². The molecule has 4 rings (SSSR count). The lowest BCUT2D eigenvalue weighted by molar-refractivity contribution is 1.29. The van der Waals surface area contributed by atoms with Crippen molar-refractivity contribution < 1.29 is 1.37 Å². The van der Waals surface area contributed by atoms with Gasteiger partial charge in [0.2, 0.25) is 0 Å². The van der Waals surface area contributed by atoms with E-state index in [1.165, 1.54) is 22.3 Å². The van der Waals surface area contributed by atoms with Crippen LogP contribution >= 0.6 is 0 Å². The number of rotatable bonds is 3. The van der Waals surface area contributed by atoms with Crippen molar-refractivity contribution in [3.8, 4) is 0 Å². The van der Waals surface area contributed by atoms with Crippen LogP contribution in [-0.4, -0.2) is 0 Å². The molecule has 0 heteroatoms. The molecule has 0 radical (unpaired) electrons. The topological polar surface area (TPSA) is 0 Å². The van der Waals surface area contributed by atoms with Gasteiger partial charge in [0.15, 0.2) is 0 Å². The fraction of sp³-hybridized carbons (Fsp3) is 0.0909. The Hall–Kier alpha value is -2.60. The van der Waals surface area contributed by atoms with Crippen LogP contribution in [-0.2, 0) is 12.8 Å². The second-order valence-corrected chi connectivity index (χ2v) is 5.65. The summed E-state index contributed by atoms with van der Waals surface area (Å²) in [5.41, 5.74) is 7.28. The van der Waals surface area contributed by atoms with Crippen molar-refractivity contribution in [2.24, 2.45) is 0 Å². The van der Waals surface area contributed by atoms with Gasteiger partial charge in [-0.2, -0.15) is 0 Å². The third-order valence-electron chi connectivity index (χ3n) is 4.23. The van der Waals surface area contributed by atoms with E-state index in [9.17, 15) is 0 Å². The highest BCUT2D eigenvalue weighted by Gasteiger charge is 2.21. The maximum atomic E-state index is 8.86. The molecule has 0 heterocycles. The zero-order valence-electron chi connectivity index (χ0n) is 13.4. The van der Waals surface area contributed by atoms with E-state index in [0.29, 0.717) is 0 Å². The molecule has 0 bridgehead atoms. The average Bonchev–Trinajstić information content (AvgIpc) is 3.02. The van der Waals surface area contributed by atoms with E-state index in [2.05, 4.69) is 48.5 Å². The van der Waals surface area contributed by atoms with Gasteiger partial charge in [0, 0.05) is 1.37 Å². The van der Waals surface area contributed by atoms with Crippen molar-refractivity contribution in [1.82, 2.24) is 0 Å². The van der Waals surface area contributed by atoms with E-state index in [1.54, 1.807) is 0 Å². The SMILES string of the molecule is [2H]C(C1=C(c2ccccc2)Cc2ccccc21)c1ccccc1. The number of hydrogen-bond acceptors (Lipinski definition) is 0. The van der Waals surface area contributed by atoms with E-state index < -0.39 is 0 Å². The zero-order valence-corrected chi connectivity index (χ0v) is 12.4. The first-order chi connectivity index (χ1) is 11.3. The molecule has 1 aliphatic carbocycles. The third kappa shape index (κ3) is 2.37. The second kappa shape index (κ2) is 5.65. The maximum Gasteiger partial charge on any atom is 0.0366 e. The number of allylic oxidation sites excluding steroid dienone is 2. The first kappa shape index (κ1) is 12.0. The average molecular weight is 283 g/mol. The molecular weight excluding hydrogens is 264 g/mol. The predicted molar refractivity (Wildman–Crippen MR) is 93.5 cm³/mol. The van der Waals surface area contributed by atoms with Crippen LogP contribution in [0.1, 0.15) is 23.6 Å². The van der Waals surface area contributed by atoms with Gasteiger partial charge < -0.3 is 0 Å². The number of hydrogen-bond donors (Lipinski definition) is 0. The van der Waals surface area contributed by atoms with Gasteiger partial charge in [-0.05, 0) is 46.2 Å². The summed E-state index contributed by atoms with van der Waals surface area (Å²) in [7, 11) is 0. The first-order valence-corrected chi connectivity index (χ1v) is 7.68.